The Bertz CT molecular complexity index is 611. The summed E-state index contributed by atoms with van der Waals surface area (Å²) in [5, 5.41) is 9.07. The van der Waals surface area contributed by atoms with E-state index in [0.717, 1.165) is 25.2 Å². The molecule has 1 N–H and O–H groups in total. The van der Waals surface area contributed by atoms with Crippen LogP contribution in [0.5, 0.6) is 0 Å². The van der Waals surface area contributed by atoms with E-state index in [9.17, 15) is 0 Å². The highest BCUT2D eigenvalue weighted by atomic mass is 32.2. The van der Waals surface area contributed by atoms with Crippen LogP contribution < -0.4 is 5.32 Å². The molecule has 2 rings (SSSR count). The number of nitrogens with one attached hydrogen (secondary N) is 1. The minimum atomic E-state index is 0.812. The fourth-order valence-corrected chi connectivity index (χ4v) is 3.37. The first-order chi connectivity index (χ1) is 10.1. The van der Waals surface area contributed by atoms with E-state index in [2.05, 4.69) is 58.3 Å². The third-order valence-corrected chi connectivity index (χ3v) is 5.02. The predicted octanol–water partition coefficient (Wildman–Crippen LogP) is 3.88. The first kappa shape index (κ1) is 16.3. The molecule has 21 heavy (non-hydrogen) atoms. The quantitative estimate of drug-likeness (QED) is 0.807. The van der Waals surface area contributed by atoms with E-state index in [1.165, 1.54) is 20.8 Å². The van der Waals surface area contributed by atoms with Crippen LogP contribution in [0.25, 0.3) is 5.70 Å². The van der Waals surface area contributed by atoms with E-state index in [1.54, 1.807) is 0 Å². The average molecular weight is 319 g/mol. The van der Waals surface area contributed by atoms with Crippen molar-refractivity contribution in [3.63, 3.8) is 0 Å². The summed E-state index contributed by atoms with van der Waals surface area (Å²) in [6, 6.07) is 2.02. The lowest BCUT2D eigenvalue weighted by Gasteiger charge is -2.16. The Hall–Kier alpha value is -1.09. The van der Waals surface area contributed by atoms with Crippen LogP contribution in [-0.4, -0.2) is 28.2 Å². The zero-order valence-electron chi connectivity index (χ0n) is 12.8. The van der Waals surface area contributed by atoms with Gasteiger partial charge in [-0.05, 0) is 43.5 Å². The zero-order valence-corrected chi connectivity index (χ0v) is 14.6. The monoisotopic (exact) mass is 319 g/mol. The molecule has 1 aromatic rings. The Morgan fingerprint density at radius 1 is 1.52 bits per heavy atom. The van der Waals surface area contributed by atoms with Crippen LogP contribution in [-0.2, 0) is 0 Å². The second-order valence-corrected chi connectivity index (χ2v) is 6.89. The summed E-state index contributed by atoms with van der Waals surface area (Å²) in [6.45, 7) is 7.91. The van der Waals surface area contributed by atoms with Gasteiger partial charge in [0.15, 0.2) is 0 Å². The van der Waals surface area contributed by atoms with Crippen molar-refractivity contribution in [2.75, 3.05) is 13.1 Å². The standard InChI is InChI=1S/C16H22N3PS/c1-4-14(19-12(2)8-9-18-19)10-17-11-15-6-5-7-16(21-15)13(3)20/h4,6-9,17,20H,5,10-11H2,1-3H3/b14-4-. The van der Waals surface area contributed by atoms with Crippen LogP contribution in [0.4, 0.5) is 0 Å². The van der Waals surface area contributed by atoms with Gasteiger partial charge in [0, 0.05) is 29.9 Å². The molecule has 0 radical (unpaired) electrons. The van der Waals surface area contributed by atoms with Gasteiger partial charge in [-0.15, -0.1) is 8.86 Å². The molecule has 1 aliphatic rings. The topological polar surface area (TPSA) is 29.9 Å². The Balaban J connectivity index is 1.86. The maximum absolute atomic E-state index is 4.36. The summed E-state index contributed by atoms with van der Waals surface area (Å²) in [4.78, 5) is 2.69. The molecule has 0 saturated heterocycles. The molecule has 0 unspecified atom stereocenters. The van der Waals surface area contributed by atoms with E-state index in [-0.39, 0.29) is 0 Å². The van der Waals surface area contributed by atoms with Crippen LogP contribution in [0.15, 0.2) is 40.3 Å². The Kier molecular flexibility index (Phi) is 6.04. The van der Waals surface area contributed by atoms with Gasteiger partial charge in [-0.2, -0.15) is 5.10 Å². The fraction of sp³-hybridized carbons (Fsp3) is 0.375. The molecule has 112 valence electrons. The number of thioether (sulfide) groups is 1. The summed E-state index contributed by atoms with van der Waals surface area (Å²) in [6.07, 6.45) is 9.49. The fourth-order valence-electron chi connectivity index (χ4n) is 2.14. The third-order valence-electron chi connectivity index (χ3n) is 3.30. The van der Waals surface area contributed by atoms with Crippen LogP contribution in [0.3, 0.4) is 0 Å². The minimum Gasteiger partial charge on any atom is -0.307 e. The van der Waals surface area contributed by atoms with Gasteiger partial charge < -0.3 is 5.32 Å². The number of nitrogens with zero attached hydrogens (tertiary/aromatic N) is 2. The lowest BCUT2D eigenvalue weighted by atomic mass is 10.3. The van der Waals surface area contributed by atoms with Gasteiger partial charge in [0.2, 0.25) is 0 Å². The second kappa shape index (κ2) is 7.79. The molecular formula is C16H22N3PS. The highest BCUT2D eigenvalue weighted by Gasteiger charge is 2.09. The van der Waals surface area contributed by atoms with E-state index in [4.69, 9.17) is 0 Å². The van der Waals surface area contributed by atoms with Crippen molar-refractivity contribution >= 4 is 31.6 Å². The van der Waals surface area contributed by atoms with Crippen molar-refractivity contribution in [3.8, 4) is 0 Å². The normalized spacial score (nSPS) is 15.7. The van der Waals surface area contributed by atoms with Crippen molar-refractivity contribution in [1.82, 2.24) is 15.1 Å². The van der Waals surface area contributed by atoms with Crippen LogP contribution in [0.2, 0.25) is 0 Å². The number of allylic oxidation sites excluding steroid dienone is 4. The Morgan fingerprint density at radius 2 is 2.33 bits per heavy atom. The molecule has 3 nitrogen and oxygen atoms in total. The molecule has 5 heteroatoms. The number of aromatic nitrogens is 2. The SMILES string of the molecule is C/C=C(/CNCC1=CCC=C(C(C)=P)S1)n1nccc1C. The third kappa shape index (κ3) is 4.44. The zero-order chi connectivity index (χ0) is 15.2. The molecule has 2 heterocycles. The highest BCUT2D eigenvalue weighted by Crippen LogP contribution is 2.31. The molecule has 0 amide bonds. The van der Waals surface area contributed by atoms with E-state index >= 15 is 0 Å². The summed E-state index contributed by atoms with van der Waals surface area (Å²) in [5.74, 6) is 0. The van der Waals surface area contributed by atoms with Gasteiger partial charge >= 0.3 is 0 Å². The van der Waals surface area contributed by atoms with Crippen molar-refractivity contribution in [1.29, 1.82) is 0 Å². The van der Waals surface area contributed by atoms with Gasteiger partial charge in [0.1, 0.15) is 0 Å². The average Bonchev–Trinajstić information content (AvgIpc) is 2.90. The smallest absolute Gasteiger partial charge is 0.0518 e. The summed E-state index contributed by atoms with van der Waals surface area (Å²) in [5.41, 5.74) is 2.34. The molecular weight excluding hydrogens is 297 g/mol. The van der Waals surface area contributed by atoms with Crippen LogP contribution >= 0.6 is 20.6 Å². The lowest BCUT2D eigenvalue weighted by molar-refractivity contribution is 0.769. The molecule has 0 saturated carbocycles. The molecule has 0 fully saturated rings. The lowest BCUT2D eigenvalue weighted by Crippen LogP contribution is -2.22. The van der Waals surface area contributed by atoms with E-state index < -0.39 is 0 Å². The van der Waals surface area contributed by atoms with Gasteiger partial charge in [0.25, 0.3) is 0 Å². The maximum Gasteiger partial charge on any atom is 0.0518 e. The van der Waals surface area contributed by atoms with E-state index in [1.807, 2.05) is 28.7 Å². The first-order valence-electron chi connectivity index (χ1n) is 7.11. The predicted molar refractivity (Wildman–Crippen MR) is 97.2 cm³/mol. The van der Waals surface area contributed by atoms with Crippen LogP contribution in [0, 0.1) is 6.92 Å². The van der Waals surface area contributed by atoms with Gasteiger partial charge in [0.05, 0.1) is 5.70 Å². The summed E-state index contributed by atoms with van der Waals surface area (Å²) < 4.78 is 1.98. The molecule has 0 spiro atoms. The molecule has 1 aromatic heterocycles. The molecule has 0 aliphatic carbocycles. The van der Waals surface area contributed by atoms with E-state index in [0.29, 0.717) is 0 Å². The van der Waals surface area contributed by atoms with Gasteiger partial charge in [-0.25, -0.2) is 4.68 Å². The van der Waals surface area contributed by atoms with Gasteiger partial charge in [-0.1, -0.05) is 30.0 Å². The van der Waals surface area contributed by atoms with Gasteiger partial charge in [-0.3, -0.25) is 0 Å². The number of aryl methyl sites for hydroxylation is 1. The molecule has 0 bridgehead atoms. The second-order valence-electron chi connectivity index (χ2n) is 4.97. The number of hydrogen-bond acceptors (Lipinski definition) is 3. The van der Waals surface area contributed by atoms with Crippen molar-refractivity contribution in [2.45, 2.75) is 27.2 Å². The van der Waals surface area contributed by atoms with Crippen molar-refractivity contribution in [2.24, 2.45) is 0 Å². The minimum absolute atomic E-state index is 0.812. The number of hydrogen-bond donors (Lipinski definition) is 1. The largest absolute Gasteiger partial charge is 0.307 e. The first-order valence-corrected chi connectivity index (χ1v) is 8.43. The highest BCUT2D eigenvalue weighted by molar-refractivity contribution is 8.08. The maximum atomic E-state index is 4.36. The Labute approximate surface area is 133 Å². The Morgan fingerprint density at radius 3 is 2.95 bits per heavy atom. The molecule has 0 atom stereocenters. The molecule has 0 aromatic carbocycles. The summed E-state index contributed by atoms with van der Waals surface area (Å²) >= 11 is 1.83. The van der Waals surface area contributed by atoms with Crippen LogP contribution in [0.1, 0.15) is 26.0 Å². The molecule has 1 aliphatic heterocycles. The van der Waals surface area contributed by atoms with Crippen molar-refractivity contribution in [3.05, 3.63) is 46.0 Å². The summed E-state index contributed by atoms with van der Waals surface area (Å²) in [7, 11) is 3.61. The van der Waals surface area contributed by atoms with Crippen molar-refractivity contribution < 1.29 is 0 Å². The number of rotatable bonds is 6.